The van der Waals surface area contributed by atoms with E-state index in [9.17, 15) is 9.90 Å². The molecule has 5 heteroatoms. The summed E-state index contributed by atoms with van der Waals surface area (Å²) in [6, 6.07) is 0. The summed E-state index contributed by atoms with van der Waals surface area (Å²) in [6.07, 6.45) is 6.03. The number of thioether (sulfide) groups is 1. The van der Waals surface area contributed by atoms with Crippen LogP contribution in [0.1, 0.15) is 32.6 Å². The minimum absolute atomic E-state index is 0.469. The number of carboxylic acids is 1. The smallest absolute Gasteiger partial charge is 0.336 e. The van der Waals surface area contributed by atoms with E-state index in [2.05, 4.69) is 6.92 Å². The lowest BCUT2D eigenvalue weighted by atomic mass is 9.86. The number of ether oxygens (including phenoxy) is 2. The Kier molecular flexibility index (Phi) is 4.35. The van der Waals surface area contributed by atoms with Gasteiger partial charge in [-0.25, -0.2) is 4.79 Å². The number of carbonyl (C=O) groups is 1. The third-order valence-corrected chi connectivity index (χ3v) is 4.10. The third kappa shape index (κ3) is 2.90. The van der Waals surface area contributed by atoms with E-state index in [0.29, 0.717) is 5.92 Å². The van der Waals surface area contributed by atoms with Crippen molar-refractivity contribution in [1.29, 1.82) is 0 Å². The summed E-state index contributed by atoms with van der Waals surface area (Å²) >= 11 is 1.53. The van der Waals surface area contributed by atoms with Gasteiger partial charge >= 0.3 is 5.97 Å². The van der Waals surface area contributed by atoms with Crippen LogP contribution in [0.25, 0.3) is 0 Å². The fourth-order valence-electron chi connectivity index (χ4n) is 2.56. The van der Waals surface area contributed by atoms with E-state index < -0.39 is 24.0 Å². The van der Waals surface area contributed by atoms with Crippen LogP contribution < -0.4 is 0 Å². The zero-order valence-electron chi connectivity index (χ0n) is 10.8. The van der Waals surface area contributed by atoms with Gasteiger partial charge in [-0.05, 0) is 36.5 Å². The molecule has 4 nitrogen and oxygen atoms in total. The molecule has 2 unspecified atom stereocenters. The normalized spacial score (nSPS) is 40.7. The fourth-order valence-corrected chi connectivity index (χ4v) is 2.87. The molecule has 1 aliphatic heterocycles. The largest absolute Gasteiger partial charge is 0.479 e. The zero-order valence-corrected chi connectivity index (χ0v) is 11.6. The van der Waals surface area contributed by atoms with Crippen molar-refractivity contribution in [1.82, 2.24) is 0 Å². The van der Waals surface area contributed by atoms with Gasteiger partial charge in [0.1, 0.15) is 6.10 Å². The van der Waals surface area contributed by atoms with Crippen LogP contribution in [0, 0.1) is 5.92 Å². The molecule has 2 aliphatic rings. The van der Waals surface area contributed by atoms with Gasteiger partial charge in [0.15, 0.2) is 11.9 Å². The Morgan fingerprint density at radius 1 is 1.39 bits per heavy atom. The average molecular weight is 272 g/mol. The van der Waals surface area contributed by atoms with E-state index in [1.165, 1.54) is 11.8 Å². The van der Waals surface area contributed by atoms with Gasteiger partial charge in [0, 0.05) is 12.8 Å². The second-order valence-corrected chi connectivity index (χ2v) is 5.86. The molecular formula is C13H20O4S. The summed E-state index contributed by atoms with van der Waals surface area (Å²) in [5.74, 6) is -0.934. The molecule has 1 saturated carbocycles. The number of hydrogen-bond acceptors (Lipinski definition) is 4. The second kappa shape index (κ2) is 5.63. The summed E-state index contributed by atoms with van der Waals surface area (Å²) in [6.45, 7) is 2.21. The Labute approximate surface area is 112 Å². The second-order valence-electron chi connectivity index (χ2n) is 5.12. The van der Waals surface area contributed by atoms with Crippen LogP contribution in [0.2, 0.25) is 0 Å². The van der Waals surface area contributed by atoms with Crippen LogP contribution in [0.5, 0.6) is 0 Å². The highest BCUT2D eigenvalue weighted by molar-refractivity contribution is 8.01. The maximum absolute atomic E-state index is 11.2. The maximum Gasteiger partial charge on any atom is 0.336 e. The fraction of sp³-hybridized carbons (Fsp3) is 0.769. The molecule has 0 aromatic carbocycles. The molecule has 1 saturated heterocycles. The van der Waals surface area contributed by atoms with Gasteiger partial charge in [-0.15, -0.1) is 11.8 Å². The van der Waals surface area contributed by atoms with Crippen molar-refractivity contribution >= 4 is 17.7 Å². The molecule has 2 fully saturated rings. The van der Waals surface area contributed by atoms with Gasteiger partial charge in [-0.1, -0.05) is 6.92 Å². The van der Waals surface area contributed by atoms with Gasteiger partial charge in [0.25, 0.3) is 0 Å². The predicted octanol–water partition coefficient (Wildman–Crippen LogP) is 2.64. The van der Waals surface area contributed by atoms with Crippen molar-refractivity contribution in [3.63, 3.8) is 0 Å². The molecule has 1 spiro atoms. The third-order valence-electron chi connectivity index (χ3n) is 3.67. The van der Waals surface area contributed by atoms with Crippen LogP contribution in [0.4, 0.5) is 0 Å². The van der Waals surface area contributed by atoms with Gasteiger partial charge in [0.2, 0.25) is 0 Å². The molecule has 1 aliphatic carbocycles. The molecule has 18 heavy (non-hydrogen) atoms. The minimum Gasteiger partial charge on any atom is -0.479 e. The summed E-state index contributed by atoms with van der Waals surface area (Å²) in [5, 5.41) is 11.1. The number of carboxylic acid groups (broad SMARTS) is 1. The maximum atomic E-state index is 11.2. The minimum atomic E-state index is -0.943. The molecule has 2 atom stereocenters. The Balaban J connectivity index is 2.08. The summed E-state index contributed by atoms with van der Waals surface area (Å²) in [7, 11) is 0. The number of rotatable bonds is 3. The highest BCUT2D eigenvalue weighted by Crippen LogP contribution is 2.42. The first-order valence-corrected chi connectivity index (χ1v) is 7.63. The van der Waals surface area contributed by atoms with E-state index in [1.807, 2.05) is 11.7 Å². The molecule has 1 heterocycles. The highest BCUT2D eigenvalue weighted by atomic mass is 32.2. The van der Waals surface area contributed by atoms with E-state index in [0.717, 1.165) is 25.7 Å². The average Bonchev–Trinajstić information content (AvgIpc) is 2.70. The molecule has 2 rings (SSSR count). The first-order valence-electron chi connectivity index (χ1n) is 6.34. The monoisotopic (exact) mass is 272 g/mol. The number of aliphatic carboxylic acids is 1. The highest BCUT2D eigenvalue weighted by Gasteiger charge is 2.50. The molecule has 0 radical (unpaired) electrons. The van der Waals surface area contributed by atoms with Crippen molar-refractivity contribution in [3.05, 3.63) is 11.5 Å². The molecular weight excluding hydrogens is 252 g/mol. The van der Waals surface area contributed by atoms with Crippen molar-refractivity contribution in [2.24, 2.45) is 5.92 Å². The lowest BCUT2D eigenvalue weighted by Crippen LogP contribution is -2.36. The first-order chi connectivity index (χ1) is 8.56. The van der Waals surface area contributed by atoms with Crippen LogP contribution >= 0.6 is 11.8 Å². The Hall–Kier alpha value is -0.520. The lowest BCUT2D eigenvalue weighted by molar-refractivity contribution is -0.200. The predicted molar refractivity (Wildman–Crippen MR) is 70.4 cm³/mol. The quantitative estimate of drug-likeness (QED) is 0.856. The Morgan fingerprint density at radius 3 is 2.61 bits per heavy atom. The summed E-state index contributed by atoms with van der Waals surface area (Å²) in [5.41, 5.74) is 0. The topological polar surface area (TPSA) is 55.8 Å². The number of hydrogen-bond donors (Lipinski definition) is 1. The molecule has 0 bridgehead atoms. The molecule has 0 aromatic heterocycles. The van der Waals surface area contributed by atoms with E-state index in [1.54, 1.807) is 6.08 Å². The standard InChI is InChI=1S/C13H20O4S/c1-9-3-6-13(7-4-9)16-10(5-8-18-2)11(17-13)12(14)15/h5,8-11H,3-4,6-7H2,1-2H3,(H,14,15)/b8-5+. The SMILES string of the molecule is CS/C=C/C1OC2(CCC(C)CC2)OC1C(=O)O. The lowest BCUT2D eigenvalue weighted by Gasteiger charge is -2.34. The van der Waals surface area contributed by atoms with Crippen LogP contribution in [-0.2, 0) is 14.3 Å². The van der Waals surface area contributed by atoms with Crippen LogP contribution in [0.15, 0.2) is 11.5 Å². The van der Waals surface area contributed by atoms with Crippen molar-refractivity contribution in [2.75, 3.05) is 6.26 Å². The van der Waals surface area contributed by atoms with Gasteiger partial charge < -0.3 is 14.6 Å². The Bertz CT molecular complexity index is 334. The van der Waals surface area contributed by atoms with Crippen LogP contribution in [-0.4, -0.2) is 35.3 Å². The molecule has 0 aromatic rings. The van der Waals surface area contributed by atoms with Crippen molar-refractivity contribution in [2.45, 2.75) is 50.6 Å². The van der Waals surface area contributed by atoms with Crippen molar-refractivity contribution in [3.8, 4) is 0 Å². The van der Waals surface area contributed by atoms with Gasteiger partial charge in [-0.3, -0.25) is 0 Å². The van der Waals surface area contributed by atoms with E-state index in [-0.39, 0.29) is 0 Å². The summed E-state index contributed by atoms with van der Waals surface area (Å²) < 4.78 is 11.6. The first kappa shape index (κ1) is 13.9. The van der Waals surface area contributed by atoms with Gasteiger partial charge in [0.05, 0.1) is 0 Å². The van der Waals surface area contributed by atoms with E-state index >= 15 is 0 Å². The Morgan fingerprint density at radius 2 is 2.06 bits per heavy atom. The molecule has 1 N–H and O–H groups in total. The summed E-state index contributed by atoms with van der Waals surface area (Å²) in [4.78, 5) is 11.2. The van der Waals surface area contributed by atoms with E-state index in [4.69, 9.17) is 9.47 Å². The molecule has 102 valence electrons. The van der Waals surface area contributed by atoms with Crippen LogP contribution in [0.3, 0.4) is 0 Å². The zero-order chi connectivity index (χ0) is 13.2. The van der Waals surface area contributed by atoms with Crippen molar-refractivity contribution < 1.29 is 19.4 Å². The van der Waals surface area contributed by atoms with Gasteiger partial charge in [-0.2, -0.15) is 0 Å². The molecule has 0 amide bonds.